The number of anilines is 1. The van der Waals surface area contributed by atoms with Gasteiger partial charge in [-0.3, -0.25) is 9.59 Å². The van der Waals surface area contributed by atoms with Crippen molar-refractivity contribution in [2.45, 2.75) is 51.5 Å². The maximum Gasteiger partial charge on any atom is 0.260 e. The Labute approximate surface area is 143 Å². The van der Waals surface area contributed by atoms with E-state index in [2.05, 4.69) is 12.2 Å². The minimum atomic E-state index is 0.0276. The largest absolute Gasteiger partial charge is 0.484 e. The predicted octanol–water partition coefficient (Wildman–Crippen LogP) is 2.99. The van der Waals surface area contributed by atoms with Crippen LogP contribution in [0.2, 0.25) is 0 Å². The molecule has 0 bridgehead atoms. The highest BCUT2D eigenvalue weighted by atomic mass is 16.5. The van der Waals surface area contributed by atoms with Crippen molar-refractivity contribution < 1.29 is 14.3 Å². The van der Waals surface area contributed by atoms with Crippen molar-refractivity contribution in [3.05, 3.63) is 23.8 Å². The average molecular weight is 330 g/mol. The van der Waals surface area contributed by atoms with Crippen LogP contribution in [0.5, 0.6) is 5.75 Å². The van der Waals surface area contributed by atoms with Gasteiger partial charge in [0, 0.05) is 25.2 Å². The number of nitrogens with one attached hydrogen (secondary N) is 1. The maximum atomic E-state index is 12.4. The average Bonchev–Trinajstić information content (AvgIpc) is 2.59. The summed E-state index contributed by atoms with van der Waals surface area (Å²) in [4.78, 5) is 25.7. The molecular weight excluding hydrogens is 304 g/mol. The van der Waals surface area contributed by atoms with E-state index in [9.17, 15) is 9.59 Å². The molecule has 3 rings (SSSR count). The first-order valence-electron chi connectivity index (χ1n) is 8.86. The van der Waals surface area contributed by atoms with Crippen molar-refractivity contribution >= 4 is 17.5 Å². The van der Waals surface area contributed by atoms with Gasteiger partial charge in [0.2, 0.25) is 5.91 Å². The van der Waals surface area contributed by atoms with Crippen molar-refractivity contribution in [3.63, 3.8) is 0 Å². The van der Waals surface area contributed by atoms with Gasteiger partial charge < -0.3 is 15.0 Å². The van der Waals surface area contributed by atoms with Crippen molar-refractivity contribution in [2.75, 3.05) is 19.0 Å². The highest BCUT2D eigenvalue weighted by Crippen LogP contribution is 2.28. The molecule has 0 aromatic heterocycles. The molecule has 24 heavy (non-hydrogen) atoms. The predicted molar refractivity (Wildman–Crippen MR) is 93.1 cm³/mol. The molecule has 1 heterocycles. The van der Waals surface area contributed by atoms with E-state index in [-0.39, 0.29) is 18.4 Å². The van der Waals surface area contributed by atoms with Crippen LogP contribution < -0.4 is 10.1 Å². The summed E-state index contributed by atoms with van der Waals surface area (Å²) in [5.41, 5.74) is 1.91. The van der Waals surface area contributed by atoms with Crippen LogP contribution in [0.15, 0.2) is 18.2 Å². The molecule has 2 amide bonds. The van der Waals surface area contributed by atoms with Gasteiger partial charge in [-0.2, -0.15) is 0 Å². The van der Waals surface area contributed by atoms with Crippen LogP contribution in [0, 0.1) is 5.92 Å². The summed E-state index contributed by atoms with van der Waals surface area (Å²) in [5.74, 6) is 1.32. The molecule has 1 aromatic rings. The van der Waals surface area contributed by atoms with Gasteiger partial charge in [-0.1, -0.05) is 19.8 Å². The van der Waals surface area contributed by atoms with Crippen molar-refractivity contribution in [1.82, 2.24) is 4.90 Å². The molecule has 5 heteroatoms. The van der Waals surface area contributed by atoms with E-state index in [1.165, 1.54) is 19.3 Å². The number of fused-ring (bicyclic) bond motifs is 1. The molecule has 1 fully saturated rings. The molecule has 0 spiro atoms. The molecular formula is C19H26N2O3. The minimum Gasteiger partial charge on any atom is -0.484 e. The summed E-state index contributed by atoms with van der Waals surface area (Å²) >= 11 is 0. The highest BCUT2D eigenvalue weighted by molar-refractivity contribution is 5.94. The molecule has 2 atom stereocenters. The molecule has 2 aliphatic rings. The first kappa shape index (κ1) is 16.8. The minimum absolute atomic E-state index is 0.0276. The third-order valence-electron chi connectivity index (χ3n) is 5.29. The van der Waals surface area contributed by atoms with Crippen LogP contribution in [0.25, 0.3) is 0 Å². The number of rotatable bonds is 4. The lowest BCUT2D eigenvalue weighted by atomic mass is 9.85. The number of ether oxygens (including phenoxy) is 1. The zero-order valence-corrected chi connectivity index (χ0v) is 14.5. The number of aryl methyl sites for hydroxylation is 1. The smallest absolute Gasteiger partial charge is 0.260 e. The topological polar surface area (TPSA) is 58.6 Å². The quantitative estimate of drug-likeness (QED) is 0.923. The second kappa shape index (κ2) is 7.24. The van der Waals surface area contributed by atoms with Crippen LogP contribution in [0.3, 0.4) is 0 Å². The summed E-state index contributed by atoms with van der Waals surface area (Å²) in [6, 6.07) is 5.90. The van der Waals surface area contributed by atoms with E-state index in [1.54, 1.807) is 6.07 Å². The summed E-state index contributed by atoms with van der Waals surface area (Å²) in [6.45, 7) is 2.29. The van der Waals surface area contributed by atoms with Gasteiger partial charge in [0.1, 0.15) is 5.75 Å². The number of benzene rings is 1. The van der Waals surface area contributed by atoms with Crippen LogP contribution in [0.4, 0.5) is 5.69 Å². The van der Waals surface area contributed by atoms with E-state index < -0.39 is 0 Å². The van der Waals surface area contributed by atoms with Crippen LogP contribution in [-0.2, 0) is 16.0 Å². The van der Waals surface area contributed by atoms with E-state index in [0.717, 1.165) is 17.7 Å². The fourth-order valence-corrected chi connectivity index (χ4v) is 3.75. The van der Waals surface area contributed by atoms with Crippen molar-refractivity contribution in [2.24, 2.45) is 5.92 Å². The number of amides is 2. The van der Waals surface area contributed by atoms with Gasteiger partial charge in [-0.25, -0.2) is 0 Å². The molecule has 1 N–H and O–H groups in total. The molecule has 1 aliphatic heterocycles. The first-order valence-corrected chi connectivity index (χ1v) is 8.86. The second-order valence-corrected chi connectivity index (χ2v) is 6.99. The number of nitrogens with zero attached hydrogens (tertiary/aromatic N) is 1. The summed E-state index contributed by atoms with van der Waals surface area (Å²) in [6.07, 6.45) is 5.96. The Kier molecular flexibility index (Phi) is 5.07. The molecule has 2 unspecified atom stereocenters. The van der Waals surface area contributed by atoms with E-state index >= 15 is 0 Å². The molecule has 0 saturated heterocycles. The summed E-state index contributed by atoms with van der Waals surface area (Å²) in [5, 5.41) is 2.85. The Morgan fingerprint density at radius 1 is 1.29 bits per heavy atom. The van der Waals surface area contributed by atoms with E-state index in [1.807, 2.05) is 24.1 Å². The van der Waals surface area contributed by atoms with Crippen LogP contribution in [-0.4, -0.2) is 36.4 Å². The Morgan fingerprint density at radius 2 is 2.08 bits per heavy atom. The number of carbonyl (C=O) groups excluding carboxylic acids is 2. The zero-order chi connectivity index (χ0) is 17.1. The van der Waals surface area contributed by atoms with Gasteiger partial charge in [0.25, 0.3) is 5.91 Å². The molecule has 5 nitrogen and oxygen atoms in total. The number of carbonyl (C=O) groups is 2. The third kappa shape index (κ3) is 3.71. The number of hydrogen-bond donors (Lipinski definition) is 1. The number of hydrogen-bond acceptors (Lipinski definition) is 3. The molecule has 1 aromatic carbocycles. The summed E-state index contributed by atoms with van der Waals surface area (Å²) < 4.78 is 5.70. The Morgan fingerprint density at radius 3 is 2.88 bits per heavy atom. The van der Waals surface area contributed by atoms with Crippen LogP contribution in [0.1, 0.15) is 44.6 Å². The van der Waals surface area contributed by atoms with Crippen molar-refractivity contribution in [3.8, 4) is 5.75 Å². The third-order valence-corrected chi connectivity index (χ3v) is 5.29. The van der Waals surface area contributed by atoms with Crippen LogP contribution >= 0.6 is 0 Å². The molecule has 130 valence electrons. The molecule has 1 saturated carbocycles. The molecule has 0 radical (unpaired) electrons. The molecule has 1 aliphatic carbocycles. The second-order valence-electron chi connectivity index (χ2n) is 6.99. The Hall–Kier alpha value is -2.04. The standard InChI is InChI=1S/C19H26N2O3/c1-13-5-3-4-6-17(13)21(2)19(23)12-24-15-8-9-16-14(11-15)7-10-18(22)20-16/h8-9,11,13,17H,3-7,10,12H2,1-2H3,(H,20,22). The monoisotopic (exact) mass is 330 g/mol. The van der Waals surface area contributed by atoms with E-state index in [4.69, 9.17) is 4.74 Å². The first-order chi connectivity index (χ1) is 11.5. The van der Waals surface area contributed by atoms with Gasteiger partial charge in [-0.15, -0.1) is 0 Å². The Balaban J connectivity index is 1.57. The lowest BCUT2D eigenvalue weighted by molar-refractivity contribution is -0.135. The van der Waals surface area contributed by atoms with Gasteiger partial charge in [0.05, 0.1) is 0 Å². The SMILES string of the molecule is CC1CCCCC1N(C)C(=O)COc1ccc2c(c1)CCC(=O)N2. The Bertz CT molecular complexity index is 629. The maximum absolute atomic E-state index is 12.4. The fourth-order valence-electron chi connectivity index (χ4n) is 3.75. The highest BCUT2D eigenvalue weighted by Gasteiger charge is 2.28. The summed E-state index contributed by atoms with van der Waals surface area (Å²) in [7, 11) is 1.89. The van der Waals surface area contributed by atoms with Gasteiger partial charge >= 0.3 is 0 Å². The fraction of sp³-hybridized carbons (Fsp3) is 0.579. The van der Waals surface area contributed by atoms with Crippen molar-refractivity contribution in [1.29, 1.82) is 0 Å². The zero-order valence-electron chi connectivity index (χ0n) is 14.5. The lowest BCUT2D eigenvalue weighted by Crippen LogP contribution is -2.44. The lowest BCUT2D eigenvalue weighted by Gasteiger charge is -2.36. The number of likely N-dealkylation sites (N-methyl/N-ethyl adjacent to an activating group) is 1. The van der Waals surface area contributed by atoms with Gasteiger partial charge in [-0.05, 0) is 48.9 Å². The van der Waals surface area contributed by atoms with Gasteiger partial charge in [0.15, 0.2) is 6.61 Å². The normalized spacial score (nSPS) is 23.2. The van der Waals surface area contributed by atoms with E-state index in [0.29, 0.717) is 30.6 Å².